The molecule has 0 fully saturated rings. The maximum Gasteiger partial charge on any atom is 0.151 e. The van der Waals surface area contributed by atoms with Gasteiger partial charge in [-0.2, -0.15) is 0 Å². The van der Waals surface area contributed by atoms with Gasteiger partial charge < -0.3 is 9.84 Å². The summed E-state index contributed by atoms with van der Waals surface area (Å²) in [6.45, 7) is 0. The minimum Gasteiger partial charge on any atom is -0.507 e. The van der Waals surface area contributed by atoms with Crippen molar-refractivity contribution in [2.45, 2.75) is 10.1 Å². The second-order valence-corrected chi connectivity index (χ2v) is 9.44. The summed E-state index contributed by atoms with van der Waals surface area (Å²) in [6.07, 6.45) is 1.62. The van der Waals surface area contributed by atoms with Crippen LogP contribution >= 0.6 is 46.3 Å². The molecule has 0 atom stereocenters. The van der Waals surface area contributed by atoms with Gasteiger partial charge >= 0.3 is 0 Å². The number of phenolic OH excluding ortho intramolecular Hbond substituents is 1. The second-order valence-electron chi connectivity index (χ2n) is 6.34. The Kier molecular flexibility index (Phi) is 6.49. The summed E-state index contributed by atoms with van der Waals surface area (Å²) in [7, 11) is 1.58. The Hall–Kier alpha value is -2.25. The van der Waals surface area contributed by atoms with Gasteiger partial charge in [0, 0.05) is 27.6 Å². The fourth-order valence-electron chi connectivity index (χ4n) is 2.73. The van der Waals surface area contributed by atoms with Gasteiger partial charge in [0.25, 0.3) is 0 Å². The number of aromatic nitrogens is 1. The number of ether oxygens (including phenoxy) is 1. The standard InChI is InChI=1S/C22H16Cl2N2O2S2/c1-28-17-4-7-20(27)13(9-17)11-25-16-3-6-19-21(10-16)30-22(26-19)29-12-14-8-15(23)2-5-18(14)24/h2-11,27H,12H2,1H3. The Morgan fingerprint density at radius 1 is 1.13 bits per heavy atom. The van der Waals surface area contributed by atoms with Crippen LogP contribution in [0.2, 0.25) is 10.0 Å². The van der Waals surface area contributed by atoms with Gasteiger partial charge in [-0.3, -0.25) is 4.99 Å². The fourth-order valence-corrected chi connectivity index (χ4v) is 5.29. The molecule has 0 aliphatic heterocycles. The Balaban J connectivity index is 1.52. The molecular formula is C22H16Cl2N2O2S2. The average Bonchev–Trinajstić information content (AvgIpc) is 3.16. The van der Waals surface area contributed by atoms with E-state index in [2.05, 4.69) is 9.98 Å². The van der Waals surface area contributed by atoms with E-state index in [0.29, 0.717) is 27.1 Å². The summed E-state index contributed by atoms with van der Waals surface area (Å²) < 4.78 is 7.19. The lowest BCUT2D eigenvalue weighted by Crippen LogP contribution is -1.87. The zero-order chi connectivity index (χ0) is 21.1. The van der Waals surface area contributed by atoms with E-state index in [0.717, 1.165) is 25.8 Å². The molecule has 0 unspecified atom stereocenters. The van der Waals surface area contributed by atoms with E-state index in [-0.39, 0.29) is 5.75 Å². The molecule has 0 bridgehead atoms. The number of aliphatic imine (C=N–C) groups is 1. The largest absolute Gasteiger partial charge is 0.507 e. The van der Waals surface area contributed by atoms with E-state index in [1.165, 1.54) is 0 Å². The van der Waals surface area contributed by atoms with Crippen molar-refractivity contribution in [3.63, 3.8) is 0 Å². The number of halogens is 2. The monoisotopic (exact) mass is 474 g/mol. The van der Waals surface area contributed by atoms with Crippen LogP contribution in [0.25, 0.3) is 10.2 Å². The highest BCUT2D eigenvalue weighted by Gasteiger charge is 2.08. The second kappa shape index (κ2) is 9.27. The molecule has 1 heterocycles. The molecule has 152 valence electrons. The van der Waals surface area contributed by atoms with Gasteiger partial charge in [-0.15, -0.1) is 11.3 Å². The number of benzene rings is 3. The maximum atomic E-state index is 10.00. The summed E-state index contributed by atoms with van der Waals surface area (Å²) in [5.74, 6) is 1.50. The lowest BCUT2D eigenvalue weighted by atomic mass is 10.2. The van der Waals surface area contributed by atoms with E-state index >= 15 is 0 Å². The lowest BCUT2D eigenvalue weighted by molar-refractivity contribution is 0.412. The van der Waals surface area contributed by atoms with E-state index in [1.807, 2.05) is 30.3 Å². The Morgan fingerprint density at radius 3 is 2.83 bits per heavy atom. The molecule has 0 aliphatic carbocycles. The molecule has 0 radical (unpaired) electrons. The highest BCUT2D eigenvalue weighted by Crippen LogP contribution is 2.35. The first-order chi connectivity index (χ1) is 14.5. The van der Waals surface area contributed by atoms with Crippen molar-refractivity contribution in [1.82, 2.24) is 4.98 Å². The number of fused-ring (bicyclic) bond motifs is 1. The number of thiazole rings is 1. The number of aromatic hydroxyl groups is 1. The van der Waals surface area contributed by atoms with Crippen molar-refractivity contribution >= 4 is 68.4 Å². The SMILES string of the molecule is COc1ccc(O)c(C=Nc2ccc3nc(SCc4cc(Cl)ccc4Cl)sc3c2)c1. The molecule has 1 aromatic heterocycles. The molecule has 4 aromatic rings. The lowest BCUT2D eigenvalue weighted by Gasteiger charge is -2.02. The Morgan fingerprint density at radius 2 is 2.00 bits per heavy atom. The first-order valence-electron chi connectivity index (χ1n) is 8.90. The highest BCUT2D eigenvalue weighted by atomic mass is 35.5. The smallest absolute Gasteiger partial charge is 0.151 e. The maximum absolute atomic E-state index is 10.00. The van der Waals surface area contributed by atoms with Crippen molar-refractivity contribution in [1.29, 1.82) is 0 Å². The molecule has 4 nitrogen and oxygen atoms in total. The molecule has 3 aromatic carbocycles. The summed E-state index contributed by atoms with van der Waals surface area (Å²) in [5, 5.41) is 11.4. The molecular weight excluding hydrogens is 459 g/mol. The molecule has 0 spiro atoms. The van der Waals surface area contributed by atoms with Crippen LogP contribution in [0.5, 0.6) is 11.5 Å². The third-order valence-electron chi connectivity index (χ3n) is 4.30. The predicted octanol–water partition coefficient (Wildman–Crippen LogP) is 7.36. The summed E-state index contributed by atoms with van der Waals surface area (Å²) in [6, 6.07) is 16.3. The van der Waals surface area contributed by atoms with Crippen LogP contribution in [0.4, 0.5) is 5.69 Å². The number of phenols is 1. The first kappa shape index (κ1) is 21.0. The number of thioether (sulfide) groups is 1. The molecule has 0 aliphatic rings. The van der Waals surface area contributed by atoms with E-state index < -0.39 is 0 Å². The van der Waals surface area contributed by atoms with Crippen molar-refractivity contribution in [2.75, 3.05) is 7.11 Å². The van der Waals surface area contributed by atoms with Crippen LogP contribution in [0.15, 0.2) is 63.9 Å². The van der Waals surface area contributed by atoms with Crippen LogP contribution in [0.3, 0.4) is 0 Å². The topological polar surface area (TPSA) is 54.7 Å². The minimum atomic E-state index is 0.150. The molecule has 0 saturated carbocycles. The third-order valence-corrected chi connectivity index (χ3v) is 7.11. The molecule has 0 saturated heterocycles. The van der Waals surface area contributed by atoms with Gasteiger partial charge in [-0.25, -0.2) is 4.98 Å². The molecule has 4 rings (SSSR count). The van der Waals surface area contributed by atoms with Crippen molar-refractivity contribution < 1.29 is 9.84 Å². The van der Waals surface area contributed by atoms with Gasteiger partial charge in [0.1, 0.15) is 11.5 Å². The van der Waals surface area contributed by atoms with Gasteiger partial charge in [-0.05, 0) is 60.2 Å². The number of methoxy groups -OCH3 is 1. The zero-order valence-electron chi connectivity index (χ0n) is 15.8. The Labute approximate surface area is 192 Å². The normalized spacial score (nSPS) is 11.4. The minimum absolute atomic E-state index is 0.150. The Bertz CT molecular complexity index is 1240. The first-order valence-corrected chi connectivity index (χ1v) is 11.5. The molecule has 0 amide bonds. The predicted molar refractivity (Wildman–Crippen MR) is 128 cm³/mol. The van der Waals surface area contributed by atoms with Crippen LogP contribution in [0.1, 0.15) is 11.1 Å². The summed E-state index contributed by atoms with van der Waals surface area (Å²) in [5.41, 5.74) is 3.27. The van der Waals surface area contributed by atoms with Crippen LogP contribution in [-0.4, -0.2) is 23.4 Å². The van der Waals surface area contributed by atoms with Crippen molar-refractivity contribution in [2.24, 2.45) is 4.99 Å². The quantitative estimate of drug-likeness (QED) is 0.234. The van der Waals surface area contributed by atoms with E-state index in [1.54, 1.807) is 60.7 Å². The van der Waals surface area contributed by atoms with Crippen LogP contribution in [0, 0.1) is 0 Å². The van der Waals surface area contributed by atoms with Crippen LogP contribution < -0.4 is 4.74 Å². The van der Waals surface area contributed by atoms with E-state index in [9.17, 15) is 5.11 Å². The van der Waals surface area contributed by atoms with Gasteiger partial charge in [0.2, 0.25) is 0 Å². The van der Waals surface area contributed by atoms with E-state index in [4.69, 9.17) is 27.9 Å². The van der Waals surface area contributed by atoms with Crippen LogP contribution in [-0.2, 0) is 5.75 Å². The molecule has 30 heavy (non-hydrogen) atoms. The number of hydrogen-bond donors (Lipinski definition) is 1. The third kappa shape index (κ3) is 4.90. The molecule has 1 N–H and O–H groups in total. The number of nitrogens with zero attached hydrogens (tertiary/aromatic N) is 2. The van der Waals surface area contributed by atoms with Gasteiger partial charge in [-0.1, -0.05) is 35.0 Å². The van der Waals surface area contributed by atoms with Crippen molar-refractivity contribution in [3.8, 4) is 11.5 Å². The van der Waals surface area contributed by atoms with Gasteiger partial charge in [0.05, 0.1) is 23.0 Å². The number of rotatable bonds is 6. The number of hydrogen-bond acceptors (Lipinski definition) is 6. The zero-order valence-corrected chi connectivity index (χ0v) is 18.9. The highest BCUT2D eigenvalue weighted by molar-refractivity contribution is 8.00. The average molecular weight is 475 g/mol. The van der Waals surface area contributed by atoms with Gasteiger partial charge in [0.15, 0.2) is 4.34 Å². The summed E-state index contributed by atoms with van der Waals surface area (Å²) >= 11 is 15.5. The molecule has 8 heteroatoms. The fraction of sp³-hybridized carbons (Fsp3) is 0.0909. The van der Waals surface area contributed by atoms with Crippen molar-refractivity contribution in [3.05, 3.63) is 75.8 Å². The summed E-state index contributed by atoms with van der Waals surface area (Å²) in [4.78, 5) is 9.16.